The Morgan fingerprint density at radius 3 is 2.55 bits per heavy atom. The normalized spacial score (nSPS) is 20.7. The lowest BCUT2D eigenvalue weighted by molar-refractivity contribution is 0.0849. The van der Waals surface area contributed by atoms with Gasteiger partial charge in [0.05, 0.1) is 6.26 Å². The molecule has 0 saturated heterocycles. The van der Waals surface area contributed by atoms with Crippen molar-refractivity contribution in [3.8, 4) is 22.3 Å². The average Bonchev–Trinajstić information content (AvgIpc) is 3.84. The maximum absolute atomic E-state index is 14.1. The van der Waals surface area contributed by atoms with E-state index in [1.54, 1.807) is 6.26 Å². The van der Waals surface area contributed by atoms with E-state index in [0.717, 1.165) is 30.4 Å². The standard InChI is InChI=1S/C43H28O2S2/c44-42-37-22-34-32(30-15-16-45-43(30)42)20-26(25-11-14-41-36(19-25)29-6-2-4-8-39(29)47-41)21-33(34)31-17-23(9-12-27(31)37)24-10-13-40-35(18-24)28-5-1-3-7-38(28)46-40/h1-3,5-7,9-21,27,31,37H,4,8,22H2. The van der Waals surface area contributed by atoms with E-state index in [4.69, 9.17) is 4.42 Å². The molecule has 47 heavy (non-hydrogen) atoms. The van der Waals surface area contributed by atoms with Gasteiger partial charge in [0.25, 0.3) is 0 Å². The number of ketones is 1. The summed E-state index contributed by atoms with van der Waals surface area (Å²) < 4.78 is 9.95. The number of carbonyl (C=O) groups excluding carboxylic acids is 1. The highest BCUT2D eigenvalue weighted by Crippen LogP contribution is 2.53. The van der Waals surface area contributed by atoms with Gasteiger partial charge in [-0.3, -0.25) is 4.79 Å². The van der Waals surface area contributed by atoms with Gasteiger partial charge in [-0.15, -0.1) is 22.7 Å². The van der Waals surface area contributed by atoms with Gasteiger partial charge in [0.1, 0.15) is 0 Å². The van der Waals surface area contributed by atoms with Crippen LogP contribution in [0.4, 0.5) is 0 Å². The molecule has 3 unspecified atom stereocenters. The number of rotatable bonds is 2. The molecule has 4 heteroatoms. The van der Waals surface area contributed by atoms with Crippen LogP contribution in [0.5, 0.6) is 0 Å². The van der Waals surface area contributed by atoms with Gasteiger partial charge in [0.15, 0.2) is 5.76 Å². The van der Waals surface area contributed by atoms with Crippen molar-refractivity contribution < 1.29 is 9.21 Å². The minimum absolute atomic E-state index is 0.0834. The lowest BCUT2D eigenvalue weighted by Gasteiger charge is -2.38. The number of hydrogen-bond acceptors (Lipinski definition) is 4. The van der Waals surface area contributed by atoms with Crippen LogP contribution in [0, 0.1) is 11.8 Å². The number of fused-ring (bicyclic) bond motifs is 12. The summed E-state index contributed by atoms with van der Waals surface area (Å²) in [5, 5.41) is 3.97. The molecule has 4 aliphatic rings. The number of furan rings is 1. The second-order valence-electron chi connectivity index (χ2n) is 13.4. The summed E-state index contributed by atoms with van der Waals surface area (Å²) in [4.78, 5) is 15.6. The van der Waals surface area contributed by atoms with Crippen LogP contribution in [-0.4, -0.2) is 5.78 Å². The maximum atomic E-state index is 14.1. The number of thiophene rings is 2. The van der Waals surface area contributed by atoms with Crippen molar-refractivity contribution >= 4 is 70.4 Å². The fraction of sp³-hybridized carbons (Fsp3) is 0.140. The van der Waals surface area contributed by atoms with Crippen molar-refractivity contribution in [2.45, 2.75) is 25.2 Å². The Kier molecular flexibility index (Phi) is 5.39. The zero-order valence-electron chi connectivity index (χ0n) is 25.5. The topological polar surface area (TPSA) is 30.2 Å². The molecular weight excluding hydrogens is 613 g/mol. The van der Waals surface area contributed by atoms with E-state index < -0.39 is 0 Å². The van der Waals surface area contributed by atoms with Gasteiger partial charge in [-0.2, -0.15) is 0 Å². The molecule has 7 aromatic rings. The van der Waals surface area contributed by atoms with Gasteiger partial charge >= 0.3 is 0 Å². The molecule has 224 valence electrons. The van der Waals surface area contributed by atoms with Crippen molar-refractivity contribution in [3.63, 3.8) is 0 Å². The largest absolute Gasteiger partial charge is 0.461 e. The molecule has 2 bridgehead atoms. The average molecular weight is 641 g/mol. The molecule has 3 atom stereocenters. The zero-order valence-corrected chi connectivity index (χ0v) is 27.1. The lowest BCUT2D eigenvalue weighted by Crippen LogP contribution is -2.33. The van der Waals surface area contributed by atoms with Gasteiger partial charge in [0.2, 0.25) is 5.78 Å². The van der Waals surface area contributed by atoms with Crippen molar-refractivity contribution in [3.05, 3.63) is 142 Å². The van der Waals surface area contributed by atoms with E-state index in [-0.39, 0.29) is 23.5 Å². The molecule has 4 aliphatic carbocycles. The maximum Gasteiger partial charge on any atom is 0.202 e. The SMILES string of the molecule is O=C1c2occc2-c2cc(-c3ccc4sc5c(c4c3)C=CCC5)cc3c2CC1C1C=CC(c2ccc4sc5ccccc5c4c2)=CC31. The Morgan fingerprint density at radius 1 is 0.745 bits per heavy atom. The highest BCUT2D eigenvalue weighted by atomic mass is 32.1. The number of allylic oxidation sites excluding steroid dienone is 5. The van der Waals surface area contributed by atoms with Crippen LogP contribution in [0.15, 0.2) is 114 Å². The van der Waals surface area contributed by atoms with Gasteiger partial charge in [-0.25, -0.2) is 0 Å². The fourth-order valence-corrected chi connectivity index (χ4v) is 11.0. The minimum Gasteiger partial charge on any atom is -0.461 e. The van der Waals surface area contributed by atoms with Gasteiger partial charge in [0, 0.05) is 52.5 Å². The summed E-state index contributed by atoms with van der Waals surface area (Å²) in [6.45, 7) is 0. The summed E-state index contributed by atoms with van der Waals surface area (Å²) >= 11 is 3.79. The predicted molar refractivity (Wildman–Crippen MR) is 197 cm³/mol. The molecule has 3 heterocycles. The first-order valence-electron chi connectivity index (χ1n) is 16.5. The smallest absolute Gasteiger partial charge is 0.202 e. The first-order chi connectivity index (χ1) is 23.2. The second-order valence-corrected chi connectivity index (χ2v) is 15.6. The Labute approximate surface area is 280 Å². The first kappa shape index (κ1) is 26.3. The molecule has 11 rings (SSSR count). The van der Waals surface area contributed by atoms with Crippen LogP contribution in [0.1, 0.15) is 50.0 Å². The Bertz CT molecular complexity index is 2600. The number of benzene rings is 4. The Balaban J connectivity index is 1.11. The molecule has 0 fully saturated rings. The third-order valence-corrected chi connectivity index (χ3v) is 13.4. The van der Waals surface area contributed by atoms with Crippen LogP contribution < -0.4 is 0 Å². The molecule has 0 saturated carbocycles. The molecule has 0 amide bonds. The van der Waals surface area contributed by atoms with Crippen molar-refractivity contribution in [2.75, 3.05) is 0 Å². The summed E-state index contributed by atoms with van der Waals surface area (Å²) in [6, 6.07) is 29.3. The van der Waals surface area contributed by atoms with E-state index >= 15 is 0 Å². The predicted octanol–water partition coefficient (Wildman–Crippen LogP) is 11.9. The van der Waals surface area contributed by atoms with Crippen molar-refractivity contribution in [1.29, 1.82) is 0 Å². The van der Waals surface area contributed by atoms with Gasteiger partial charge < -0.3 is 4.42 Å². The molecule has 0 spiro atoms. The summed E-state index contributed by atoms with van der Waals surface area (Å²) in [5.41, 5.74) is 11.0. The van der Waals surface area contributed by atoms with Gasteiger partial charge in [-0.1, -0.05) is 66.8 Å². The third kappa shape index (κ3) is 3.74. The summed E-state index contributed by atoms with van der Waals surface area (Å²) in [6.07, 6.45) is 16.3. The monoisotopic (exact) mass is 640 g/mol. The lowest BCUT2D eigenvalue weighted by atomic mass is 9.64. The first-order valence-corrected chi connectivity index (χ1v) is 18.1. The van der Waals surface area contributed by atoms with E-state index in [1.165, 1.54) is 74.1 Å². The molecule has 0 radical (unpaired) electrons. The molecule has 3 aromatic heterocycles. The van der Waals surface area contributed by atoms with Crippen LogP contribution in [-0.2, 0) is 12.8 Å². The van der Waals surface area contributed by atoms with E-state index in [1.807, 2.05) is 28.7 Å². The Hall–Kier alpha value is -4.77. The van der Waals surface area contributed by atoms with Crippen LogP contribution >= 0.6 is 22.7 Å². The van der Waals surface area contributed by atoms with Crippen LogP contribution in [0.3, 0.4) is 0 Å². The van der Waals surface area contributed by atoms with Crippen LogP contribution in [0.2, 0.25) is 0 Å². The summed E-state index contributed by atoms with van der Waals surface area (Å²) in [5.74, 6) is 0.699. The number of aryl methyl sites for hydroxylation is 1. The zero-order chi connectivity index (χ0) is 30.8. The van der Waals surface area contributed by atoms with E-state index in [9.17, 15) is 4.79 Å². The molecule has 4 aromatic carbocycles. The van der Waals surface area contributed by atoms with Gasteiger partial charge in [-0.05, 0) is 112 Å². The van der Waals surface area contributed by atoms with E-state index in [2.05, 4.69) is 103 Å². The summed E-state index contributed by atoms with van der Waals surface area (Å²) in [7, 11) is 0. The highest BCUT2D eigenvalue weighted by molar-refractivity contribution is 7.25. The molecule has 0 aliphatic heterocycles. The van der Waals surface area contributed by atoms with Crippen LogP contribution in [0.25, 0.3) is 64.2 Å². The van der Waals surface area contributed by atoms with Crippen molar-refractivity contribution in [2.24, 2.45) is 11.8 Å². The third-order valence-electron chi connectivity index (χ3n) is 11.0. The fourth-order valence-electron chi connectivity index (χ4n) is 8.74. The minimum atomic E-state index is -0.137. The number of carbonyl (C=O) groups is 1. The highest BCUT2D eigenvalue weighted by Gasteiger charge is 2.44. The molecule has 2 nitrogen and oxygen atoms in total. The van der Waals surface area contributed by atoms with E-state index in [0.29, 0.717) is 5.76 Å². The second kappa shape index (κ2) is 9.63. The molecule has 0 N–H and O–H groups in total. The Morgan fingerprint density at radius 2 is 1.60 bits per heavy atom. The number of hydrogen-bond donors (Lipinski definition) is 0. The number of Topliss-reactive ketones (excluding diaryl/α,β-unsaturated/α-hetero) is 1. The quantitative estimate of drug-likeness (QED) is 0.188. The molecular formula is C43H28O2S2. The van der Waals surface area contributed by atoms with Crippen molar-refractivity contribution in [1.82, 2.24) is 0 Å².